The van der Waals surface area contributed by atoms with Gasteiger partial charge in [0.15, 0.2) is 5.75 Å². The molecule has 0 saturated carbocycles. The molecule has 37 heavy (non-hydrogen) atoms. The number of aliphatic hydroxyl groups excluding tert-OH is 1. The Morgan fingerprint density at radius 3 is 2.24 bits per heavy atom. The van der Waals surface area contributed by atoms with Crippen LogP contribution in [0.15, 0.2) is 66.2 Å². The maximum Gasteiger partial charge on any atom is 0.308 e. The van der Waals surface area contributed by atoms with Gasteiger partial charge in [-0.2, -0.15) is 0 Å². The average Bonchev–Trinajstić information content (AvgIpc) is 3.13. The first kappa shape index (κ1) is 26.3. The molecule has 4 rings (SSSR count). The first-order valence-electron chi connectivity index (χ1n) is 11.4. The monoisotopic (exact) mass is 539 g/mol. The van der Waals surface area contributed by atoms with Crippen molar-refractivity contribution in [3.63, 3.8) is 0 Å². The first-order valence-corrected chi connectivity index (χ1v) is 12.1. The maximum absolute atomic E-state index is 13.4. The van der Waals surface area contributed by atoms with Gasteiger partial charge in [0.05, 0.1) is 28.8 Å². The van der Waals surface area contributed by atoms with Crippen LogP contribution in [0.3, 0.4) is 0 Å². The smallest absolute Gasteiger partial charge is 0.308 e. The molecule has 1 amide bonds. The lowest BCUT2D eigenvalue weighted by Gasteiger charge is -2.26. The van der Waals surface area contributed by atoms with Crippen LogP contribution in [-0.4, -0.2) is 29.9 Å². The van der Waals surface area contributed by atoms with E-state index in [0.29, 0.717) is 11.3 Å². The number of ether oxygens (including phenoxy) is 2. The maximum atomic E-state index is 13.4. The lowest BCUT2D eigenvalue weighted by atomic mass is 9.95. The molecule has 3 aromatic rings. The fraction of sp³-hybridized carbons (Fsp3) is 0.179. The van der Waals surface area contributed by atoms with Crippen LogP contribution >= 0.6 is 23.2 Å². The minimum absolute atomic E-state index is 0.120. The SMILES string of the molecule is CCc1ccc(N2C(=O)C(=O)/C(=C(/O)c3cc(Cl)c(OC)c(Cl)c3)C2c2cccc(OC(C)=O)c2)cc1. The second-order valence-electron chi connectivity index (χ2n) is 8.33. The summed E-state index contributed by atoms with van der Waals surface area (Å²) in [5.74, 6) is -2.25. The Labute approximate surface area is 223 Å². The number of aliphatic hydroxyl groups is 1. The number of esters is 1. The molecule has 190 valence electrons. The van der Waals surface area contributed by atoms with Crippen LogP contribution in [0.5, 0.6) is 11.5 Å². The predicted octanol–water partition coefficient (Wildman–Crippen LogP) is 6.12. The van der Waals surface area contributed by atoms with Crippen LogP contribution in [0.25, 0.3) is 5.76 Å². The van der Waals surface area contributed by atoms with E-state index < -0.39 is 29.5 Å². The standard InChI is InChI=1S/C28H23Cl2NO6/c1-4-16-8-10-19(11-9-16)31-24(17-6-5-7-20(12-17)37-15(2)32)23(26(34)28(31)35)25(33)18-13-21(29)27(36-3)22(30)14-18/h5-14,24,33H,4H2,1-3H3/b25-23+. The minimum Gasteiger partial charge on any atom is -0.507 e. The number of hydrogen-bond acceptors (Lipinski definition) is 6. The highest BCUT2D eigenvalue weighted by atomic mass is 35.5. The highest BCUT2D eigenvalue weighted by molar-refractivity contribution is 6.51. The Morgan fingerprint density at radius 2 is 1.68 bits per heavy atom. The summed E-state index contributed by atoms with van der Waals surface area (Å²) in [7, 11) is 1.40. The largest absolute Gasteiger partial charge is 0.507 e. The van der Waals surface area contributed by atoms with Crippen molar-refractivity contribution in [2.24, 2.45) is 0 Å². The van der Waals surface area contributed by atoms with Crippen LogP contribution in [0.2, 0.25) is 10.0 Å². The number of nitrogens with zero attached hydrogens (tertiary/aromatic N) is 1. The zero-order valence-corrected chi connectivity index (χ0v) is 21.8. The number of aryl methyl sites for hydroxylation is 1. The van der Waals surface area contributed by atoms with Gasteiger partial charge < -0.3 is 14.6 Å². The number of rotatable bonds is 6. The van der Waals surface area contributed by atoms with Crippen LogP contribution in [0.4, 0.5) is 5.69 Å². The van der Waals surface area contributed by atoms with Crippen molar-refractivity contribution in [2.75, 3.05) is 12.0 Å². The number of carbonyl (C=O) groups is 3. The summed E-state index contributed by atoms with van der Waals surface area (Å²) in [6, 6.07) is 15.4. The number of benzene rings is 3. The number of carbonyl (C=O) groups excluding carboxylic acids is 3. The zero-order valence-electron chi connectivity index (χ0n) is 20.2. The Kier molecular flexibility index (Phi) is 7.57. The van der Waals surface area contributed by atoms with Gasteiger partial charge >= 0.3 is 5.97 Å². The molecule has 0 bridgehead atoms. The summed E-state index contributed by atoms with van der Waals surface area (Å²) in [5.41, 5.74) is 1.94. The summed E-state index contributed by atoms with van der Waals surface area (Å²) < 4.78 is 10.4. The van der Waals surface area contributed by atoms with Crippen LogP contribution < -0.4 is 14.4 Å². The summed E-state index contributed by atoms with van der Waals surface area (Å²) >= 11 is 12.5. The third kappa shape index (κ3) is 5.05. The van der Waals surface area contributed by atoms with Crippen molar-refractivity contribution < 1.29 is 29.0 Å². The average molecular weight is 540 g/mol. The van der Waals surface area contributed by atoms with Crippen LogP contribution in [0, 0.1) is 0 Å². The zero-order chi connectivity index (χ0) is 26.9. The van der Waals surface area contributed by atoms with E-state index in [-0.39, 0.29) is 32.7 Å². The van der Waals surface area contributed by atoms with Crippen LogP contribution in [0.1, 0.15) is 36.6 Å². The van der Waals surface area contributed by atoms with Crippen LogP contribution in [-0.2, 0) is 20.8 Å². The number of Topliss-reactive ketones (excluding diaryl/α,β-unsaturated/α-hetero) is 1. The van der Waals surface area contributed by atoms with E-state index in [0.717, 1.165) is 12.0 Å². The molecule has 0 radical (unpaired) electrons. The summed E-state index contributed by atoms with van der Waals surface area (Å²) in [5, 5.41) is 11.6. The molecule has 1 aliphatic heterocycles. The summed E-state index contributed by atoms with van der Waals surface area (Å²) in [6.07, 6.45) is 0.798. The van der Waals surface area contributed by atoms with Crippen molar-refractivity contribution in [1.29, 1.82) is 0 Å². The predicted molar refractivity (Wildman–Crippen MR) is 141 cm³/mol. The van der Waals surface area contributed by atoms with Gasteiger partial charge in [0.2, 0.25) is 0 Å². The number of halogens is 2. The molecular formula is C28H23Cl2NO6. The molecule has 1 unspecified atom stereocenters. The van der Waals surface area contributed by atoms with Crippen molar-refractivity contribution in [3.8, 4) is 11.5 Å². The third-order valence-electron chi connectivity index (χ3n) is 5.98. The fourth-order valence-electron chi connectivity index (χ4n) is 4.27. The number of ketones is 1. The van der Waals surface area contributed by atoms with E-state index in [9.17, 15) is 19.5 Å². The molecule has 1 saturated heterocycles. The Morgan fingerprint density at radius 1 is 1.03 bits per heavy atom. The summed E-state index contributed by atoms with van der Waals surface area (Å²) in [4.78, 5) is 39.6. The molecule has 1 fully saturated rings. The van der Waals surface area contributed by atoms with Crippen molar-refractivity contribution in [1.82, 2.24) is 0 Å². The molecule has 3 aromatic carbocycles. The van der Waals surface area contributed by atoms with E-state index >= 15 is 0 Å². The van der Waals surface area contributed by atoms with Gasteiger partial charge in [-0.1, -0.05) is 54.4 Å². The lowest BCUT2D eigenvalue weighted by Crippen LogP contribution is -2.29. The topological polar surface area (TPSA) is 93.1 Å². The van der Waals surface area contributed by atoms with Gasteiger partial charge in [-0.3, -0.25) is 19.3 Å². The molecular weight excluding hydrogens is 517 g/mol. The molecule has 1 N–H and O–H groups in total. The minimum atomic E-state index is -1.03. The number of anilines is 1. The van der Waals surface area contributed by atoms with Gasteiger partial charge in [-0.15, -0.1) is 0 Å². The molecule has 7 nitrogen and oxygen atoms in total. The van der Waals surface area contributed by atoms with Gasteiger partial charge in [0.25, 0.3) is 11.7 Å². The number of amides is 1. The fourth-order valence-corrected chi connectivity index (χ4v) is 4.91. The van der Waals surface area contributed by atoms with Crippen molar-refractivity contribution in [2.45, 2.75) is 26.3 Å². The highest BCUT2D eigenvalue weighted by Crippen LogP contribution is 2.44. The van der Waals surface area contributed by atoms with Gasteiger partial charge in [0, 0.05) is 18.2 Å². The summed E-state index contributed by atoms with van der Waals surface area (Å²) in [6.45, 7) is 3.28. The first-order chi connectivity index (χ1) is 17.7. The number of methoxy groups -OCH3 is 1. The second-order valence-corrected chi connectivity index (χ2v) is 9.14. The molecule has 9 heteroatoms. The van der Waals surface area contributed by atoms with E-state index in [4.69, 9.17) is 32.7 Å². The van der Waals surface area contributed by atoms with Crippen molar-refractivity contribution >= 4 is 52.3 Å². The molecule has 0 aromatic heterocycles. The van der Waals surface area contributed by atoms with E-state index in [1.807, 2.05) is 19.1 Å². The molecule has 0 spiro atoms. The number of hydrogen-bond donors (Lipinski definition) is 1. The van der Waals surface area contributed by atoms with Gasteiger partial charge in [0.1, 0.15) is 11.5 Å². The quantitative estimate of drug-likeness (QED) is 0.133. The van der Waals surface area contributed by atoms with E-state index in [1.165, 1.54) is 31.1 Å². The molecule has 0 aliphatic carbocycles. The molecule has 1 heterocycles. The Hall–Kier alpha value is -3.81. The molecule has 1 aliphatic rings. The highest BCUT2D eigenvalue weighted by Gasteiger charge is 2.47. The normalized spacial score (nSPS) is 16.7. The third-order valence-corrected chi connectivity index (χ3v) is 6.54. The second kappa shape index (κ2) is 10.7. The lowest BCUT2D eigenvalue weighted by molar-refractivity contribution is -0.132. The van der Waals surface area contributed by atoms with E-state index in [1.54, 1.807) is 36.4 Å². The van der Waals surface area contributed by atoms with Crippen molar-refractivity contribution in [3.05, 3.63) is 93.0 Å². The van der Waals surface area contributed by atoms with Gasteiger partial charge in [-0.05, 0) is 53.9 Å². The Bertz CT molecular complexity index is 1410. The Balaban J connectivity index is 1.95. The van der Waals surface area contributed by atoms with Gasteiger partial charge in [-0.25, -0.2) is 0 Å². The van der Waals surface area contributed by atoms with E-state index in [2.05, 4.69) is 0 Å². The molecule has 1 atom stereocenters.